The van der Waals surface area contributed by atoms with Crippen LogP contribution in [0.2, 0.25) is 5.02 Å². The lowest BCUT2D eigenvalue weighted by Crippen LogP contribution is -2.23. The highest BCUT2D eigenvalue weighted by Gasteiger charge is 2.36. The Labute approximate surface area is 109 Å². The van der Waals surface area contributed by atoms with E-state index in [0.29, 0.717) is 0 Å². The largest absolute Gasteiger partial charge is 0.416 e. The van der Waals surface area contributed by atoms with Gasteiger partial charge in [-0.3, -0.25) is 0 Å². The van der Waals surface area contributed by atoms with Gasteiger partial charge in [0.1, 0.15) is 6.10 Å². The zero-order chi connectivity index (χ0) is 13.2. The highest BCUT2D eigenvalue weighted by Crippen LogP contribution is 2.36. The lowest BCUT2D eigenvalue weighted by atomic mass is 9.99. The predicted molar refractivity (Wildman–Crippen MR) is 61.2 cm³/mol. The van der Waals surface area contributed by atoms with Gasteiger partial charge >= 0.3 is 6.18 Å². The molecule has 0 radical (unpaired) electrons. The number of rotatable bonds is 3. The third-order valence-corrected chi connectivity index (χ3v) is 3.06. The van der Waals surface area contributed by atoms with Crippen LogP contribution in [0.15, 0.2) is 18.2 Å². The average Bonchev–Trinajstić information content (AvgIpc) is 2.25. The Morgan fingerprint density at radius 3 is 2.35 bits per heavy atom. The van der Waals surface area contributed by atoms with Gasteiger partial charge in [0.25, 0.3) is 0 Å². The molecule has 2 nitrogen and oxygen atoms in total. The van der Waals surface area contributed by atoms with Crippen LogP contribution in [0.25, 0.3) is 0 Å². The standard InChI is InChI=1S/C10H9BrClF3O2/c11-4-8(16)9(17)6-3-5(12)1-2-7(6)10(13,14)15/h1-3,8-9,16-17H,4H2. The summed E-state index contributed by atoms with van der Waals surface area (Å²) in [6.07, 6.45) is -7.59. The summed E-state index contributed by atoms with van der Waals surface area (Å²) in [4.78, 5) is 0. The number of halogens is 5. The van der Waals surface area contributed by atoms with E-state index in [9.17, 15) is 23.4 Å². The second-order valence-corrected chi connectivity index (χ2v) is 4.48. The first kappa shape index (κ1) is 14.8. The Balaban J connectivity index is 3.25. The van der Waals surface area contributed by atoms with Crippen LogP contribution in [0.5, 0.6) is 0 Å². The first-order valence-corrected chi connectivity index (χ1v) is 6.06. The molecule has 0 fully saturated rings. The highest BCUT2D eigenvalue weighted by molar-refractivity contribution is 9.09. The Morgan fingerprint density at radius 2 is 1.88 bits per heavy atom. The third kappa shape index (κ3) is 3.58. The van der Waals surface area contributed by atoms with Crippen molar-refractivity contribution in [1.82, 2.24) is 0 Å². The van der Waals surface area contributed by atoms with Crippen molar-refractivity contribution in [2.45, 2.75) is 18.4 Å². The van der Waals surface area contributed by atoms with Gasteiger partial charge in [-0.1, -0.05) is 27.5 Å². The van der Waals surface area contributed by atoms with E-state index in [1.54, 1.807) is 0 Å². The van der Waals surface area contributed by atoms with Gasteiger partial charge in [-0.2, -0.15) is 13.2 Å². The molecule has 0 aliphatic heterocycles. The summed E-state index contributed by atoms with van der Waals surface area (Å²) in [5, 5.41) is 19.0. The Hall–Kier alpha value is -0.300. The van der Waals surface area contributed by atoms with Crippen LogP contribution < -0.4 is 0 Å². The Morgan fingerprint density at radius 1 is 1.29 bits per heavy atom. The SMILES string of the molecule is OC(CBr)C(O)c1cc(Cl)ccc1C(F)(F)F. The van der Waals surface area contributed by atoms with Crippen LogP contribution in [0, 0.1) is 0 Å². The van der Waals surface area contributed by atoms with E-state index >= 15 is 0 Å². The molecule has 2 N–H and O–H groups in total. The Kier molecular flexibility index (Phi) is 4.83. The van der Waals surface area contributed by atoms with Gasteiger partial charge < -0.3 is 10.2 Å². The fraction of sp³-hybridized carbons (Fsp3) is 0.400. The van der Waals surface area contributed by atoms with Crippen LogP contribution in [-0.2, 0) is 6.18 Å². The van der Waals surface area contributed by atoms with Gasteiger partial charge in [0.15, 0.2) is 0 Å². The topological polar surface area (TPSA) is 40.5 Å². The molecule has 0 aliphatic carbocycles. The van der Waals surface area contributed by atoms with Gasteiger partial charge in [-0.05, 0) is 23.8 Å². The maximum Gasteiger partial charge on any atom is 0.416 e. The zero-order valence-corrected chi connectivity index (χ0v) is 10.7. The molecule has 0 aromatic heterocycles. The second-order valence-electron chi connectivity index (χ2n) is 3.40. The van der Waals surface area contributed by atoms with Crippen molar-refractivity contribution in [3.05, 3.63) is 34.3 Å². The number of aliphatic hydroxyl groups is 2. The van der Waals surface area contributed by atoms with Crippen LogP contribution >= 0.6 is 27.5 Å². The maximum atomic E-state index is 12.7. The second kappa shape index (κ2) is 5.56. The predicted octanol–water partition coefficient (Wildman–Crippen LogP) is 3.15. The van der Waals surface area contributed by atoms with E-state index in [1.807, 2.05) is 0 Å². The smallest absolute Gasteiger partial charge is 0.389 e. The molecule has 1 rings (SSSR count). The number of hydrogen-bond acceptors (Lipinski definition) is 2. The molecule has 17 heavy (non-hydrogen) atoms. The molecule has 1 aromatic rings. The lowest BCUT2D eigenvalue weighted by molar-refractivity contribution is -0.139. The van der Waals surface area contributed by atoms with Crippen molar-refractivity contribution in [1.29, 1.82) is 0 Å². The molecule has 2 unspecified atom stereocenters. The van der Waals surface area contributed by atoms with E-state index in [1.165, 1.54) is 0 Å². The van der Waals surface area contributed by atoms with Crippen LogP contribution in [-0.4, -0.2) is 21.6 Å². The van der Waals surface area contributed by atoms with Crippen molar-refractivity contribution in [2.75, 3.05) is 5.33 Å². The molecule has 7 heteroatoms. The monoisotopic (exact) mass is 332 g/mol. The molecule has 0 spiro atoms. The molecule has 0 heterocycles. The van der Waals surface area contributed by atoms with Gasteiger partial charge in [-0.15, -0.1) is 0 Å². The quantitative estimate of drug-likeness (QED) is 0.834. The van der Waals surface area contributed by atoms with Crippen molar-refractivity contribution >= 4 is 27.5 Å². The molecule has 0 aliphatic rings. The number of hydrogen-bond donors (Lipinski definition) is 2. The molecule has 2 atom stereocenters. The van der Waals surface area contributed by atoms with E-state index in [0.717, 1.165) is 18.2 Å². The van der Waals surface area contributed by atoms with Gasteiger partial charge in [0, 0.05) is 10.4 Å². The molecule has 0 saturated heterocycles. The summed E-state index contributed by atoms with van der Waals surface area (Å²) in [6.45, 7) is 0. The first-order valence-electron chi connectivity index (χ1n) is 4.56. The van der Waals surface area contributed by atoms with E-state index in [-0.39, 0.29) is 10.4 Å². The van der Waals surface area contributed by atoms with Crippen molar-refractivity contribution < 1.29 is 23.4 Å². The van der Waals surface area contributed by atoms with Gasteiger partial charge in [0.2, 0.25) is 0 Å². The highest BCUT2D eigenvalue weighted by atomic mass is 79.9. The lowest BCUT2D eigenvalue weighted by Gasteiger charge is -2.20. The van der Waals surface area contributed by atoms with Crippen LogP contribution in [0.4, 0.5) is 13.2 Å². The summed E-state index contributed by atoms with van der Waals surface area (Å²) in [6, 6.07) is 2.86. The molecule has 0 bridgehead atoms. The van der Waals surface area contributed by atoms with Crippen molar-refractivity contribution in [2.24, 2.45) is 0 Å². The molecule has 0 saturated carbocycles. The van der Waals surface area contributed by atoms with Gasteiger partial charge in [0.05, 0.1) is 11.7 Å². The zero-order valence-electron chi connectivity index (χ0n) is 8.38. The summed E-state index contributed by atoms with van der Waals surface area (Å²) in [5.41, 5.74) is -1.44. The minimum Gasteiger partial charge on any atom is -0.389 e. The van der Waals surface area contributed by atoms with E-state index in [4.69, 9.17) is 11.6 Å². The van der Waals surface area contributed by atoms with E-state index < -0.39 is 29.5 Å². The summed E-state index contributed by atoms with van der Waals surface area (Å²) < 4.78 is 38.0. The molecule has 0 amide bonds. The van der Waals surface area contributed by atoms with E-state index in [2.05, 4.69) is 15.9 Å². The minimum absolute atomic E-state index is 0.0437. The minimum atomic E-state index is -4.60. The average molecular weight is 334 g/mol. The normalized spacial score (nSPS) is 15.7. The fourth-order valence-electron chi connectivity index (χ4n) is 1.33. The number of alkyl halides is 4. The molecular weight excluding hydrogens is 324 g/mol. The molecular formula is C10H9BrClF3O2. The summed E-state index contributed by atoms with van der Waals surface area (Å²) in [7, 11) is 0. The van der Waals surface area contributed by atoms with Crippen LogP contribution in [0.3, 0.4) is 0 Å². The van der Waals surface area contributed by atoms with Crippen molar-refractivity contribution in [3.8, 4) is 0 Å². The maximum absolute atomic E-state index is 12.7. The summed E-state index contributed by atoms with van der Waals surface area (Å²) in [5.74, 6) is 0. The van der Waals surface area contributed by atoms with Crippen LogP contribution in [0.1, 0.15) is 17.2 Å². The number of benzene rings is 1. The first-order chi connectivity index (χ1) is 7.77. The fourth-order valence-corrected chi connectivity index (χ4v) is 1.86. The van der Waals surface area contributed by atoms with Crippen molar-refractivity contribution in [3.63, 3.8) is 0 Å². The Bertz CT molecular complexity index is 398. The number of aliphatic hydroxyl groups excluding tert-OH is 2. The summed E-state index contributed by atoms with van der Waals surface area (Å²) >= 11 is 8.47. The third-order valence-electron chi connectivity index (χ3n) is 2.16. The molecule has 96 valence electrons. The van der Waals surface area contributed by atoms with Gasteiger partial charge in [-0.25, -0.2) is 0 Å². The molecule has 1 aromatic carbocycles.